The normalized spacial score (nSPS) is 11.2. The van der Waals surface area contributed by atoms with Gasteiger partial charge in [-0.25, -0.2) is 17.5 Å². The van der Waals surface area contributed by atoms with Gasteiger partial charge >= 0.3 is 0 Å². The molecule has 22 heavy (non-hydrogen) atoms. The first-order valence-corrected chi connectivity index (χ1v) is 7.99. The van der Waals surface area contributed by atoms with Crippen LogP contribution in [0.4, 0.5) is 10.1 Å². The molecule has 0 aromatic heterocycles. The number of rotatable bonds is 4. The van der Waals surface area contributed by atoms with Crippen molar-refractivity contribution in [2.45, 2.75) is 4.90 Å². The highest BCUT2D eigenvalue weighted by molar-refractivity contribution is 7.89. The Morgan fingerprint density at radius 1 is 1.14 bits per heavy atom. The Balaban J connectivity index is 2.18. The number of halogens is 2. The van der Waals surface area contributed by atoms with Gasteiger partial charge in [0.25, 0.3) is 5.91 Å². The second-order valence-corrected chi connectivity index (χ2v) is 6.61. The zero-order valence-corrected chi connectivity index (χ0v) is 13.0. The summed E-state index contributed by atoms with van der Waals surface area (Å²) in [6, 6.07) is 9.19. The second kappa shape index (κ2) is 6.43. The molecule has 1 amide bonds. The van der Waals surface area contributed by atoms with Crippen molar-refractivity contribution in [2.24, 2.45) is 0 Å². The Morgan fingerprint density at radius 2 is 1.77 bits per heavy atom. The van der Waals surface area contributed by atoms with E-state index < -0.39 is 21.7 Å². The van der Waals surface area contributed by atoms with Crippen LogP contribution >= 0.6 is 11.6 Å². The van der Waals surface area contributed by atoms with Crippen LogP contribution in [0.1, 0.15) is 10.4 Å². The molecule has 8 heteroatoms. The molecule has 0 bridgehead atoms. The van der Waals surface area contributed by atoms with E-state index in [-0.39, 0.29) is 15.5 Å². The standard InChI is InChI=1S/C14H12ClFN2O3S/c1-17-22(20,21)11-5-2-9(3-6-11)14(19)18-10-4-7-13(16)12(15)8-10/h2-8,17H,1H3,(H,18,19). The number of hydrogen-bond donors (Lipinski definition) is 2. The van der Waals surface area contributed by atoms with Gasteiger partial charge < -0.3 is 5.32 Å². The van der Waals surface area contributed by atoms with Gasteiger partial charge in [0, 0.05) is 11.3 Å². The van der Waals surface area contributed by atoms with Gasteiger partial charge in [-0.05, 0) is 49.5 Å². The third-order valence-electron chi connectivity index (χ3n) is 2.87. The molecular weight excluding hydrogens is 331 g/mol. The maximum Gasteiger partial charge on any atom is 0.255 e. The fourth-order valence-corrected chi connectivity index (χ4v) is 2.59. The summed E-state index contributed by atoms with van der Waals surface area (Å²) in [4.78, 5) is 12.1. The molecule has 0 aliphatic rings. The van der Waals surface area contributed by atoms with Gasteiger partial charge in [-0.2, -0.15) is 0 Å². The van der Waals surface area contributed by atoms with Gasteiger partial charge in [-0.3, -0.25) is 4.79 Å². The molecule has 0 unspecified atom stereocenters. The molecule has 0 heterocycles. The molecule has 5 nitrogen and oxygen atoms in total. The van der Waals surface area contributed by atoms with Crippen molar-refractivity contribution in [3.8, 4) is 0 Å². The summed E-state index contributed by atoms with van der Waals surface area (Å²) < 4.78 is 38.4. The molecule has 2 rings (SSSR count). The maximum atomic E-state index is 13.0. The molecule has 0 radical (unpaired) electrons. The van der Waals surface area contributed by atoms with Gasteiger partial charge in [0.05, 0.1) is 9.92 Å². The molecule has 116 valence electrons. The lowest BCUT2D eigenvalue weighted by Crippen LogP contribution is -2.19. The van der Waals surface area contributed by atoms with Crippen LogP contribution < -0.4 is 10.0 Å². The van der Waals surface area contributed by atoms with Crippen LogP contribution in [0.3, 0.4) is 0 Å². The number of sulfonamides is 1. The van der Waals surface area contributed by atoms with E-state index in [4.69, 9.17) is 11.6 Å². The summed E-state index contributed by atoms with van der Waals surface area (Å²) in [5.74, 6) is -1.04. The van der Waals surface area contributed by atoms with Crippen LogP contribution in [-0.4, -0.2) is 21.4 Å². The highest BCUT2D eigenvalue weighted by Gasteiger charge is 2.13. The van der Waals surface area contributed by atoms with Crippen molar-refractivity contribution >= 4 is 33.2 Å². The number of nitrogens with one attached hydrogen (secondary N) is 2. The van der Waals surface area contributed by atoms with Crippen LogP contribution in [0.2, 0.25) is 5.02 Å². The van der Waals surface area contributed by atoms with Gasteiger partial charge in [-0.1, -0.05) is 11.6 Å². The quantitative estimate of drug-likeness (QED) is 0.897. The van der Waals surface area contributed by atoms with Crippen molar-refractivity contribution in [1.82, 2.24) is 4.72 Å². The van der Waals surface area contributed by atoms with Crippen LogP contribution in [0.15, 0.2) is 47.4 Å². The number of benzene rings is 2. The van der Waals surface area contributed by atoms with E-state index in [9.17, 15) is 17.6 Å². The number of anilines is 1. The minimum absolute atomic E-state index is 0.0522. The Bertz CT molecular complexity index is 807. The molecular formula is C14H12ClFN2O3S. The minimum Gasteiger partial charge on any atom is -0.322 e. The zero-order valence-electron chi connectivity index (χ0n) is 11.4. The first-order chi connectivity index (χ1) is 10.3. The van der Waals surface area contributed by atoms with Crippen LogP contribution in [0.5, 0.6) is 0 Å². The first kappa shape index (κ1) is 16.4. The van der Waals surface area contributed by atoms with Crippen molar-refractivity contribution < 1.29 is 17.6 Å². The predicted octanol–water partition coefficient (Wildman–Crippen LogP) is 2.64. The maximum absolute atomic E-state index is 13.0. The van der Waals surface area contributed by atoms with Gasteiger partial charge in [0.1, 0.15) is 5.82 Å². The lowest BCUT2D eigenvalue weighted by molar-refractivity contribution is 0.102. The van der Waals surface area contributed by atoms with Gasteiger partial charge in [0.2, 0.25) is 10.0 Å². The number of carbonyl (C=O) groups is 1. The number of hydrogen-bond acceptors (Lipinski definition) is 3. The molecule has 2 aromatic rings. The summed E-state index contributed by atoms with van der Waals surface area (Å²) in [6.07, 6.45) is 0. The molecule has 0 spiro atoms. The average molecular weight is 343 g/mol. The summed E-state index contributed by atoms with van der Waals surface area (Å²) in [7, 11) is -2.25. The number of amides is 1. The van der Waals surface area contributed by atoms with E-state index in [1.54, 1.807) is 0 Å². The summed E-state index contributed by atoms with van der Waals surface area (Å²) >= 11 is 5.63. The van der Waals surface area contributed by atoms with Crippen molar-refractivity contribution in [3.05, 3.63) is 58.9 Å². The first-order valence-electron chi connectivity index (χ1n) is 6.13. The van der Waals surface area contributed by atoms with E-state index in [2.05, 4.69) is 10.0 Å². The summed E-state index contributed by atoms with van der Waals surface area (Å²) in [6.45, 7) is 0. The SMILES string of the molecule is CNS(=O)(=O)c1ccc(C(=O)Nc2ccc(F)c(Cl)c2)cc1. The van der Waals surface area contributed by atoms with Crippen molar-refractivity contribution in [3.63, 3.8) is 0 Å². The molecule has 0 aliphatic carbocycles. The van der Waals surface area contributed by atoms with Gasteiger partial charge in [-0.15, -0.1) is 0 Å². The Hall–Kier alpha value is -1.96. The van der Waals surface area contributed by atoms with Crippen molar-refractivity contribution in [2.75, 3.05) is 12.4 Å². The van der Waals surface area contributed by atoms with E-state index in [1.807, 2.05) is 0 Å². The Morgan fingerprint density at radius 3 is 2.32 bits per heavy atom. The van der Waals surface area contributed by atoms with Crippen LogP contribution in [-0.2, 0) is 10.0 Å². The molecule has 0 fully saturated rings. The third kappa shape index (κ3) is 3.62. The highest BCUT2D eigenvalue weighted by atomic mass is 35.5. The Kier molecular flexibility index (Phi) is 4.80. The highest BCUT2D eigenvalue weighted by Crippen LogP contribution is 2.20. The van der Waals surface area contributed by atoms with Gasteiger partial charge in [0.15, 0.2) is 0 Å². The smallest absolute Gasteiger partial charge is 0.255 e. The second-order valence-electron chi connectivity index (χ2n) is 4.31. The van der Waals surface area contributed by atoms with E-state index in [0.29, 0.717) is 5.69 Å². The molecule has 2 aromatic carbocycles. The fourth-order valence-electron chi connectivity index (χ4n) is 1.68. The summed E-state index contributed by atoms with van der Waals surface area (Å²) in [5.41, 5.74) is 0.596. The lowest BCUT2D eigenvalue weighted by atomic mass is 10.2. The molecule has 0 saturated heterocycles. The Labute approximate surface area is 132 Å². The summed E-state index contributed by atoms with van der Waals surface area (Å²) in [5, 5.41) is 2.44. The number of carbonyl (C=O) groups excluding carboxylic acids is 1. The topological polar surface area (TPSA) is 75.3 Å². The average Bonchev–Trinajstić information content (AvgIpc) is 2.51. The predicted molar refractivity (Wildman–Crippen MR) is 82.1 cm³/mol. The van der Waals surface area contributed by atoms with Crippen LogP contribution in [0, 0.1) is 5.82 Å². The molecule has 0 aliphatic heterocycles. The monoisotopic (exact) mass is 342 g/mol. The third-order valence-corrected chi connectivity index (χ3v) is 4.59. The minimum atomic E-state index is -3.55. The van der Waals surface area contributed by atoms with Crippen molar-refractivity contribution in [1.29, 1.82) is 0 Å². The molecule has 0 saturated carbocycles. The van der Waals surface area contributed by atoms with E-state index >= 15 is 0 Å². The zero-order chi connectivity index (χ0) is 16.3. The lowest BCUT2D eigenvalue weighted by Gasteiger charge is -2.07. The molecule has 2 N–H and O–H groups in total. The van der Waals surface area contributed by atoms with Crippen LogP contribution in [0.25, 0.3) is 0 Å². The fraction of sp³-hybridized carbons (Fsp3) is 0.0714. The largest absolute Gasteiger partial charge is 0.322 e. The molecule has 0 atom stereocenters. The van der Waals surface area contributed by atoms with E-state index in [0.717, 1.165) is 6.07 Å². The van der Waals surface area contributed by atoms with E-state index in [1.165, 1.54) is 43.4 Å².